The van der Waals surface area contributed by atoms with Gasteiger partial charge in [-0.05, 0) is 56.5 Å². The lowest BCUT2D eigenvalue weighted by molar-refractivity contribution is 0.370. The molecule has 0 aliphatic carbocycles. The Kier molecular flexibility index (Phi) is 3.60. The zero-order valence-electron chi connectivity index (χ0n) is 11.3. The highest BCUT2D eigenvalue weighted by molar-refractivity contribution is 5.54. The standard InChI is InChI=1S/C15H20N4/c1-19-15(7-10-17-19)14-4-2-3-13(18-14)11-12-5-8-16-9-6-12/h2-4,7,10,12,16H,5-6,8-9,11H2,1H3. The van der Waals surface area contributed by atoms with E-state index in [-0.39, 0.29) is 0 Å². The van der Waals surface area contributed by atoms with Crippen molar-refractivity contribution in [1.29, 1.82) is 0 Å². The van der Waals surface area contributed by atoms with Crippen LogP contribution in [0, 0.1) is 5.92 Å². The normalized spacial score (nSPS) is 16.7. The van der Waals surface area contributed by atoms with Crippen LogP contribution in [0.5, 0.6) is 0 Å². The smallest absolute Gasteiger partial charge is 0.0886 e. The van der Waals surface area contributed by atoms with E-state index in [1.165, 1.54) is 18.5 Å². The van der Waals surface area contributed by atoms with E-state index >= 15 is 0 Å². The molecule has 1 aliphatic rings. The molecule has 0 amide bonds. The third kappa shape index (κ3) is 2.84. The molecule has 4 nitrogen and oxygen atoms in total. The van der Waals surface area contributed by atoms with Gasteiger partial charge in [0.15, 0.2) is 0 Å². The molecule has 0 saturated carbocycles. The second-order valence-electron chi connectivity index (χ2n) is 5.25. The minimum absolute atomic E-state index is 0.774. The molecule has 0 aromatic carbocycles. The first-order valence-electron chi connectivity index (χ1n) is 6.98. The molecule has 0 unspecified atom stereocenters. The summed E-state index contributed by atoms with van der Waals surface area (Å²) in [4.78, 5) is 4.79. The third-order valence-corrected chi connectivity index (χ3v) is 3.85. The second-order valence-corrected chi connectivity index (χ2v) is 5.25. The van der Waals surface area contributed by atoms with Crippen molar-refractivity contribution in [2.45, 2.75) is 19.3 Å². The lowest BCUT2D eigenvalue weighted by atomic mass is 9.93. The molecule has 2 aromatic heterocycles. The summed E-state index contributed by atoms with van der Waals surface area (Å²) in [7, 11) is 1.95. The van der Waals surface area contributed by atoms with Gasteiger partial charge in [0, 0.05) is 18.9 Å². The van der Waals surface area contributed by atoms with Crippen molar-refractivity contribution in [3.63, 3.8) is 0 Å². The van der Waals surface area contributed by atoms with Gasteiger partial charge < -0.3 is 5.32 Å². The number of aryl methyl sites for hydroxylation is 1. The first kappa shape index (κ1) is 12.4. The molecule has 19 heavy (non-hydrogen) atoms. The Morgan fingerprint density at radius 3 is 2.84 bits per heavy atom. The Morgan fingerprint density at radius 1 is 1.26 bits per heavy atom. The van der Waals surface area contributed by atoms with Gasteiger partial charge in [0.05, 0.1) is 11.4 Å². The fraction of sp³-hybridized carbons (Fsp3) is 0.467. The highest BCUT2D eigenvalue weighted by atomic mass is 15.3. The highest BCUT2D eigenvalue weighted by Crippen LogP contribution is 2.20. The maximum Gasteiger partial charge on any atom is 0.0886 e. The molecule has 0 spiro atoms. The molecule has 1 aliphatic heterocycles. The summed E-state index contributed by atoms with van der Waals surface area (Å²) < 4.78 is 1.87. The molecular formula is C15H20N4. The van der Waals surface area contributed by atoms with E-state index < -0.39 is 0 Å². The highest BCUT2D eigenvalue weighted by Gasteiger charge is 2.14. The van der Waals surface area contributed by atoms with Crippen LogP contribution < -0.4 is 5.32 Å². The third-order valence-electron chi connectivity index (χ3n) is 3.85. The second kappa shape index (κ2) is 5.53. The predicted octanol–water partition coefficient (Wildman–Crippen LogP) is 2.02. The maximum atomic E-state index is 4.79. The molecule has 0 bridgehead atoms. The van der Waals surface area contributed by atoms with Crippen LogP contribution >= 0.6 is 0 Å². The van der Waals surface area contributed by atoms with Gasteiger partial charge in [-0.3, -0.25) is 9.67 Å². The van der Waals surface area contributed by atoms with Crippen molar-refractivity contribution in [2.75, 3.05) is 13.1 Å². The van der Waals surface area contributed by atoms with Crippen LogP contribution in [-0.4, -0.2) is 27.9 Å². The molecule has 1 fully saturated rings. The van der Waals surface area contributed by atoms with E-state index in [9.17, 15) is 0 Å². The van der Waals surface area contributed by atoms with E-state index in [0.29, 0.717) is 0 Å². The number of aromatic nitrogens is 3. The van der Waals surface area contributed by atoms with E-state index in [1.807, 2.05) is 24.0 Å². The van der Waals surface area contributed by atoms with Gasteiger partial charge >= 0.3 is 0 Å². The van der Waals surface area contributed by atoms with Crippen LogP contribution in [0.4, 0.5) is 0 Å². The Bertz CT molecular complexity index is 541. The van der Waals surface area contributed by atoms with E-state index in [2.05, 4.69) is 28.6 Å². The molecule has 3 rings (SSSR count). The summed E-state index contributed by atoms with van der Waals surface area (Å²) >= 11 is 0. The van der Waals surface area contributed by atoms with Gasteiger partial charge in [0.1, 0.15) is 0 Å². The number of hydrogen-bond acceptors (Lipinski definition) is 3. The minimum atomic E-state index is 0.774. The molecular weight excluding hydrogens is 236 g/mol. The zero-order chi connectivity index (χ0) is 13.1. The fourth-order valence-electron chi connectivity index (χ4n) is 2.74. The Labute approximate surface area is 113 Å². The van der Waals surface area contributed by atoms with E-state index in [0.717, 1.165) is 36.8 Å². The number of nitrogens with zero attached hydrogens (tertiary/aromatic N) is 3. The average molecular weight is 256 g/mol. The minimum Gasteiger partial charge on any atom is -0.317 e. The van der Waals surface area contributed by atoms with Gasteiger partial charge in [0.25, 0.3) is 0 Å². The average Bonchev–Trinajstić information content (AvgIpc) is 2.86. The number of piperidine rings is 1. The van der Waals surface area contributed by atoms with Crippen LogP contribution in [0.1, 0.15) is 18.5 Å². The SMILES string of the molecule is Cn1nccc1-c1cccc(CC2CCNCC2)n1. The van der Waals surface area contributed by atoms with Gasteiger partial charge in [-0.15, -0.1) is 0 Å². The van der Waals surface area contributed by atoms with Gasteiger partial charge in [-0.1, -0.05) is 6.07 Å². The van der Waals surface area contributed by atoms with Crippen molar-refractivity contribution in [2.24, 2.45) is 13.0 Å². The van der Waals surface area contributed by atoms with Crippen LogP contribution in [0.3, 0.4) is 0 Å². The van der Waals surface area contributed by atoms with Gasteiger partial charge in [0.2, 0.25) is 0 Å². The van der Waals surface area contributed by atoms with Crippen LogP contribution in [0.25, 0.3) is 11.4 Å². The first-order valence-corrected chi connectivity index (χ1v) is 6.98. The predicted molar refractivity (Wildman–Crippen MR) is 75.7 cm³/mol. The van der Waals surface area contributed by atoms with Crippen LogP contribution in [-0.2, 0) is 13.5 Å². The quantitative estimate of drug-likeness (QED) is 0.913. The number of pyridine rings is 1. The molecule has 0 atom stereocenters. The fourth-order valence-corrected chi connectivity index (χ4v) is 2.74. The van der Waals surface area contributed by atoms with E-state index in [4.69, 9.17) is 4.98 Å². The lowest BCUT2D eigenvalue weighted by Gasteiger charge is -2.22. The Balaban J connectivity index is 1.78. The summed E-state index contributed by atoms with van der Waals surface area (Å²) in [5, 5.41) is 7.62. The van der Waals surface area contributed by atoms with E-state index in [1.54, 1.807) is 0 Å². The van der Waals surface area contributed by atoms with Gasteiger partial charge in [-0.2, -0.15) is 5.10 Å². The molecule has 1 saturated heterocycles. The summed E-state index contributed by atoms with van der Waals surface area (Å²) in [6.45, 7) is 2.29. The molecule has 100 valence electrons. The van der Waals surface area contributed by atoms with Gasteiger partial charge in [-0.25, -0.2) is 0 Å². The topological polar surface area (TPSA) is 42.7 Å². The zero-order valence-corrected chi connectivity index (χ0v) is 11.3. The summed E-state index contributed by atoms with van der Waals surface area (Å²) in [5.74, 6) is 0.774. The number of rotatable bonds is 3. The largest absolute Gasteiger partial charge is 0.317 e. The molecule has 0 radical (unpaired) electrons. The first-order chi connectivity index (χ1) is 9.33. The summed E-state index contributed by atoms with van der Waals surface area (Å²) in [6.07, 6.45) is 5.43. The van der Waals surface area contributed by atoms with Crippen LogP contribution in [0.15, 0.2) is 30.5 Å². The van der Waals surface area contributed by atoms with Crippen molar-refractivity contribution in [3.8, 4) is 11.4 Å². The molecule has 2 aromatic rings. The number of hydrogen-bond donors (Lipinski definition) is 1. The van der Waals surface area contributed by atoms with Crippen LogP contribution in [0.2, 0.25) is 0 Å². The van der Waals surface area contributed by atoms with Crippen molar-refractivity contribution in [1.82, 2.24) is 20.1 Å². The van der Waals surface area contributed by atoms with Crippen molar-refractivity contribution >= 4 is 0 Å². The number of nitrogens with one attached hydrogen (secondary N) is 1. The van der Waals surface area contributed by atoms with Crippen molar-refractivity contribution < 1.29 is 0 Å². The summed E-state index contributed by atoms with van der Waals surface area (Å²) in [6, 6.07) is 8.31. The molecule has 3 heterocycles. The lowest BCUT2D eigenvalue weighted by Crippen LogP contribution is -2.28. The maximum absolute atomic E-state index is 4.79. The van der Waals surface area contributed by atoms with Crippen molar-refractivity contribution in [3.05, 3.63) is 36.2 Å². The molecule has 1 N–H and O–H groups in total. The molecule has 4 heteroatoms. The Morgan fingerprint density at radius 2 is 2.11 bits per heavy atom. The Hall–Kier alpha value is -1.68. The summed E-state index contributed by atoms with van der Waals surface area (Å²) in [5.41, 5.74) is 3.30. The monoisotopic (exact) mass is 256 g/mol.